The molecule has 2 aromatic carbocycles. The molecule has 5 heteroatoms. The number of rotatable bonds is 9. The fraction of sp³-hybridized carbons (Fsp3) is 0.475. The minimum absolute atomic E-state index is 0.0581. The van der Waals surface area contributed by atoms with E-state index in [1.807, 2.05) is 31.7 Å². The van der Waals surface area contributed by atoms with E-state index in [2.05, 4.69) is 113 Å². The van der Waals surface area contributed by atoms with Gasteiger partial charge >= 0.3 is 0 Å². The van der Waals surface area contributed by atoms with E-state index in [4.69, 9.17) is 23.2 Å². The number of aryl methyl sites for hydroxylation is 1. The largest absolute Gasteiger partial charge is 0.344 e. The van der Waals surface area contributed by atoms with Crippen molar-refractivity contribution in [3.63, 3.8) is 0 Å². The van der Waals surface area contributed by atoms with Gasteiger partial charge < -0.3 is 4.90 Å². The Morgan fingerprint density at radius 1 is 0.867 bits per heavy atom. The fourth-order valence-corrected chi connectivity index (χ4v) is 8.37. The van der Waals surface area contributed by atoms with Gasteiger partial charge in [0, 0.05) is 69.0 Å². The topological polar surface area (TPSA) is 6.25 Å². The van der Waals surface area contributed by atoms with Crippen LogP contribution in [-0.4, -0.2) is 34.9 Å². The quantitative estimate of drug-likeness (QED) is 0.246. The second-order valence-corrected chi connectivity index (χ2v) is 15.0. The van der Waals surface area contributed by atoms with E-state index in [0.29, 0.717) is 0 Å². The summed E-state index contributed by atoms with van der Waals surface area (Å²) >= 11 is 15.6. The molecule has 0 fully saturated rings. The summed E-state index contributed by atoms with van der Waals surface area (Å²) in [7, 11) is 0. The molecular weight excluding hydrogens is 611 g/mol. The van der Waals surface area contributed by atoms with Gasteiger partial charge in [0.1, 0.15) is 6.54 Å². The van der Waals surface area contributed by atoms with Crippen LogP contribution in [0.2, 0.25) is 5.02 Å². The van der Waals surface area contributed by atoms with E-state index in [0.717, 1.165) is 47.5 Å². The number of benzene rings is 2. The van der Waals surface area contributed by atoms with Crippen molar-refractivity contribution in [3.05, 3.63) is 104 Å². The minimum atomic E-state index is -0.133. The average molecular weight is 665 g/mol. The molecular formula is C40H53Cl2N2S+. The molecule has 0 spiro atoms. The van der Waals surface area contributed by atoms with Gasteiger partial charge in [0.15, 0.2) is 5.71 Å². The van der Waals surface area contributed by atoms with Crippen molar-refractivity contribution in [2.24, 2.45) is 0 Å². The van der Waals surface area contributed by atoms with E-state index >= 15 is 0 Å². The van der Waals surface area contributed by atoms with Crippen LogP contribution in [0.25, 0.3) is 0 Å². The van der Waals surface area contributed by atoms with Crippen LogP contribution in [0.15, 0.2) is 82.6 Å². The first-order valence-electron chi connectivity index (χ1n) is 16.9. The zero-order valence-corrected chi connectivity index (χ0v) is 31.3. The molecule has 3 aliphatic rings. The van der Waals surface area contributed by atoms with Crippen molar-refractivity contribution in [2.75, 3.05) is 29.5 Å². The Morgan fingerprint density at radius 2 is 1.60 bits per heavy atom. The van der Waals surface area contributed by atoms with Gasteiger partial charge in [0.25, 0.3) is 0 Å². The third-order valence-electron chi connectivity index (χ3n) is 9.34. The van der Waals surface area contributed by atoms with Crippen LogP contribution in [0, 0.1) is 6.92 Å². The molecule has 0 atom stereocenters. The van der Waals surface area contributed by atoms with Crippen molar-refractivity contribution >= 4 is 52.1 Å². The predicted molar refractivity (Wildman–Crippen MR) is 202 cm³/mol. The smallest absolute Gasteiger partial charge is 0.209 e. The van der Waals surface area contributed by atoms with Gasteiger partial charge in [-0.25, -0.2) is 0 Å². The highest BCUT2D eigenvalue weighted by Gasteiger charge is 2.44. The molecule has 3 aliphatic heterocycles. The van der Waals surface area contributed by atoms with Crippen LogP contribution in [0.5, 0.6) is 0 Å². The maximum atomic E-state index is 7.19. The normalized spacial score (nSPS) is 20.3. The molecule has 3 heterocycles. The Labute approximate surface area is 288 Å². The van der Waals surface area contributed by atoms with Gasteiger partial charge in [0.2, 0.25) is 5.69 Å². The second-order valence-electron chi connectivity index (χ2n) is 13.2. The number of nitrogens with zero attached hydrogens (tertiary/aromatic N) is 2. The van der Waals surface area contributed by atoms with Gasteiger partial charge in [-0.2, -0.15) is 16.3 Å². The summed E-state index contributed by atoms with van der Waals surface area (Å²) in [6.07, 6.45) is 13.9. The first-order chi connectivity index (χ1) is 21.5. The van der Waals surface area contributed by atoms with E-state index < -0.39 is 0 Å². The van der Waals surface area contributed by atoms with E-state index in [1.165, 1.54) is 63.5 Å². The maximum Gasteiger partial charge on any atom is 0.209 e. The first kappa shape index (κ1) is 35.7. The Balaban J connectivity index is 0.00000226. The summed E-state index contributed by atoms with van der Waals surface area (Å²) in [6, 6.07) is 13.3. The summed E-state index contributed by atoms with van der Waals surface area (Å²) < 4.78 is 2.49. The van der Waals surface area contributed by atoms with Crippen LogP contribution in [0.1, 0.15) is 97.8 Å². The van der Waals surface area contributed by atoms with Crippen molar-refractivity contribution in [1.82, 2.24) is 0 Å². The molecule has 0 aromatic heterocycles. The van der Waals surface area contributed by atoms with E-state index in [1.54, 1.807) is 0 Å². The van der Waals surface area contributed by atoms with Crippen LogP contribution in [0.3, 0.4) is 0 Å². The highest BCUT2D eigenvalue weighted by atomic mass is 35.5. The molecule has 5 rings (SSSR count). The maximum absolute atomic E-state index is 7.19. The zero-order valence-electron chi connectivity index (χ0n) is 29.0. The minimum Gasteiger partial charge on any atom is -0.344 e. The van der Waals surface area contributed by atoms with Crippen molar-refractivity contribution < 1.29 is 4.58 Å². The number of unbranched alkanes of at least 4 members (excludes halogenated alkanes) is 2. The van der Waals surface area contributed by atoms with Crippen molar-refractivity contribution in [2.45, 2.75) is 98.8 Å². The number of halogens is 2. The summed E-state index contributed by atoms with van der Waals surface area (Å²) in [6.45, 7) is 22.1. The lowest BCUT2D eigenvalue weighted by atomic mass is 9.81. The van der Waals surface area contributed by atoms with Gasteiger partial charge in [-0.1, -0.05) is 107 Å². The Bertz CT molecular complexity index is 1550. The Morgan fingerprint density at radius 3 is 2.31 bits per heavy atom. The molecule has 2 aromatic rings. The molecule has 0 saturated heterocycles. The van der Waals surface area contributed by atoms with Crippen molar-refractivity contribution in [1.29, 1.82) is 0 Å². The summed E-state index contributed by atoms with van der Waals surface area (Å²) in [4.78, 5) is 2.54. The number of fused-ring (bicyclic) bond motifs is 2. The summed E-state index contributed by atoms with van der Waals surface area (Å²) in [5, 5.41) is 1.69. The third-order valence-corrected chi connectivity index (χ3v) is 11.1. The monoisotopic (exact) mass is 663 g/mol. The number of hydrogen-bond acceptors (Lipinski definition) is 2. The number of hydrogen-bond donors (Lipinski definition) is 0. The third kappa shape index (κ3) is 7.21. The number of anilines is 1. The molecule has 0 N–H and O–H groups in total. The molecule has 0 bridgehead atoms. The second kappa shape index (κ2) is 15.1. The highest BCUT2D eigenvalue weighted by molar-refractivity contribution is 7.99. The molecule has 242 valence electrons. The van der Waals surface area contributed by atoms with Crippen LogP contribution < -0.4 is 4.90 Å². The van der Waals surface area contributed by atoms with Crippen molar-refractivity contribution in [3.8, 4) is 0 Å². The van der Waals surface area contributed by atoms with Crippen LogP contribution >= 0.6 is 35.0 Å². The first-order valence-corrected chi connectivity index (χ1v) is 18.8. The van der Waals surface area contributed by atoms with Crippen LogP contribution in [-0.2, 0) is 10.8 Å². The number of allylic oxidation sites excluding steroid dienone is 6. The number of thioether (sulfide) groups is 1. The van der Waals surface area contributed by atoms with Gasteiger partial charge in [-0.3, -0.25) is 0 Å². The van der Waals surface area contributed by atoms with Gasteiger partial charge in [-0.05, 0) is 68.2 Å². The lowest BCUT2D eigenvalue weighted by Crippen LogP contribution is -2.28. The van der Waals surface area contributed by atoms with E-state index in [-0.39, 0.29) is 10.8 Å². The SMILES string of the molecule is CC.CCCCN1/C(=C/C=C2\CSCC(/C=C/C3=[N+](CCCC)c4ccc(Cl)cc4C3(C)C)=C2Cl)C(C)(C)c2cc(C)ccc21. The fourth-order valence-electron chi connectivity index (χ4n) is 6.76. The Kier molecular flexibility index (Phi) is 12.0. The zero-order chi connectivity index (χ0) is 32.9. The predicted octanol–water partition coefficient (Wildman–Crippen LogP) is 12.1. The summed E-state index contributed by atoms with van der Waals surface area (Å²) in [5.41, 5.74) is 11.5. The van der Waals surface area contributed by atoms with Gasteiger partial charge in [0.05, 0.1) is 5.41 Å². The highest BCUT2D eigenvalue weighted by Crippen LogP contribution is 2.48. The molecule has 0 radical (unpaired) electrons. The molecule has 2 nitrogen and oxygen atoms in total. The standard InChI is InChI=1S/C38H47Cl2N2S.C2H6/c1-8-10-20-41-32-16-12-26(3)22-30(32)37(4,5)34(41)18-13-27-24-43-25-28(36(27)40)14-19-35-38(6,7)31-23-29(39)15-17-33(31)42(35)21-11-9-2;1-2/h12-19,22-23H,8-11,20-21,24-25H2,1-7H3;1-2H3/q+1;. The Hall–Kier alpha value is -2.20. The van der Waals surface area contributed by atoms with E-state index in [9.17, 15) is 0 Å². The molecule has 0 amide bonds. The molecule has 0 aliphatic carbocycles. The lowest BCUT2D eigenvalue weighted by molar-refractivity contribution is -0.438. The molecule has 0 saturated carbocycles. The van der Waals surface area contributed by atoms with Gasteiger partial charge in [-0.15, -0.1) is 0 Å². The summed E-state index contributed by atoms with van der Waals surface area (Å²) in [5.74, 6) is 1.85. The molecule has 45 heavy (non-hydrogen) atoms. The molecule has 0 unspecified atom stereocenters. The van der Waals surface area contributed by atoms with Crippen LogP contribution in [0.4, 0.5) is 11.4 Å². The lowest BCUT2D eigenvalue weighted by Gasteiger charge is -2.27. The average Bonchev–Trinajstić information content (AvgIpc) is 3.36.